The Hall–Kier alpha value is -2.32. The lowest BCUT2D eigenvalue weighted by atomic mass is 10.2. The predicted molar refractivity (Wildman–Crippen MR) is 87.3 cm³/mol. The number of fused-ring (bicyclic) bond motifs is 1. The first-order valence-electron chi connectivity index (χ1n) is 7.13. The van der Waals surface area contributed by atoms with Crippen LogP contribution in [0.4, 0.5) is 0 Å². The highest BCUT2D eigenvalue weighted by Gasteiger charge is 2.15. The van der Waals surface area contributed by atoms with Gasteiger partial charge in [-0.3, -0.25) is 4.79 Å². The minimum absolute atomic E-state index is 0.0541. The van der Waals surface area contributed by atoms with E-state index in [1.54, 1.807) is 37.0 Å². The molecule has 23 heavy (non-hydrogen) atoms. The largest absolute Gasteiger partial charge is 0.383 e. The lowest BCUT2D eigenvalue weighted by Gasteiger charge is -2.17. The van der Waals surface area contributed by atoms with Crippen molar-refractivity contribution in [1.82, 2.24) is 24.6 Å². The third-order valence-electron chi connectivity index (χ3n) is 3.54. The van der Waals surface area contributed by atoms with Crippen molar-refractivity contribution in [3.63, 3.8) is 0 Å². The van der Waals surface area contributed by atoms with Crippen LogP contribution in [0.3, 0.4) is 0 Å². The number of hydrogen-bond acceptors (Lipinski definition) is 6. The number of nitrogens with zero attached hydrogens (tertiary/aromatic N) is 5. The summed E-state index contributed by atoms with van der Waals surface area (Å²) in [4.78, 5) is 18.4. The van der Waals surface area contributed by atoms with Crippen LogP contribution in [0.5, 0.6) is 0 Å². The summed E-state index contributed by atoms with van der Waals surface area (Å²) in [7, 11) is 3.41. The molecule has 0 unspecified atom stereocenters. The molecule has 1 amide bonds. The van der Waals surface area contributed by atoms with Crippen molar-refractivity contribution in [3.8, 4) is 0 Å². The van der Waals surface area contributed by atoms with Gasteiger partial charge in [-0.1, -0.05) is 0 Å². The van der Waals surface area contributed by atoms with E-state index in [1.807, 2.05) is 16.7 Å². The predicted octanol–water partition coefficient (Wildman–Crippen LogP) is 1.81. The molecule has 2 aromatic heterocycles. The van der Waals surface area contributed by atoms with E-state index in [9.17, 15) is 4.79 Å². The molecule has 0 bridgehead atoms. The van der Waals surface area contributed by atoms with Gasteiger partial charge in [0.1, 0.15) is 6.33 Å². The van der Waals surface area contributed by atoms with Crippen molar-refractivity contribution in [2.45, 2.75) is 13.1 Å². The zero-order valence-electron chi connectivity index (χ0n) is 13.0. The molecule has 3 aromatic rings. The maximum Gasteiger partial charge on any atom is 0.254 e. The number of ether oxygens (including phenoxy) is 1. The minimum atomic E-state index is -0.0541. The lowest BCUT2D eigenvalue weighted by Crippen LogP contribution is -2.28. The second kappa shape index (κ2) is 6.84. The molecule has 2 heterocycles. The zero-order valence-corrected chi connectivity index (χ0v) is 13.8. The van der Waals surface area contributed by atoms with Gasteiger partial charge in [-0.2, -0.15) is 0 Å². The van der Waals surface area contributed by atoms with Crippen molar-refractivity contribution in [2.24, 2.45) is 0 Å². The molecule has 0 radical (unpaired) electrons. The molecular formula is C15H17N5O2S. The van der Waals surface area contributed by atoms with Gasteiger partial charge in [-0.05, 0) is 18.2 Å². The summed E-state index contributed by atoms with van der Waals surface area (Å²) < 4.78 is 7.96. The van der Waals surface area contributed by atoms with Crippen molar-refractivity contribution < 1.29 is 9.53 Å². The highest BCUT2D eigenvalue weighted by molar-refractivity contribution is 7.16. The molecule has 0 aliphatic heterocycles. The fourth-order valence-corrected chi connectivity index (χ4v) is 2.99. The van der Waals surface area contributed by atoms with E-state index in [1.165, 1.54) is 11.3 Å². The summed E-state index contributed by atoms with van der Waals surface area (Å²) in [5.74, 6) is 0.679. The molecule has 7 nitrogen and oxygen atoms in total. The van der Waals surface area contributed by atoms with E-state index in [2.05, 4.69) is 15.2 Å². The van der Waals surface area contributed by atoms with Gasteiger partial charge >= 0.3 is 0 Å². The van der Waals surface area contributed by atoms with Gasteiger partial charge in [-0.15, -0.1) is 21.5 Å². The van der Waals surface area contributed by atoms with Gasteiger partial charge in [0.15, 0.2) is 5.82 Å². The molecule has 0 aliphatic carbocycles. The lowest BCUT2D eigenvalue weighted by molar-refractivity contribution is 0.0779. The Morgan fingerprint density at radius 1 is 1.43 bits per heavy atom. The Morgan fingerprint density at radius 3 is 3.13 bits per heavy atom. The van der Waals surface area contributed by atoms with Gasteiger partial charge in [0.25, 0.3) is 5.91 Å². The molecule has 0 spiro atoms. The van der Waals surface area contributed by atoms with Crippen molar-refractivity contribution >= 4 is 27.5 Å². The molecule has 0 aliphatic rings. The molecule has 0 N–H and O–H groups in total. The number of hydrogen-bond donors (Lipinski definition) is 0. The molecule has 3 rings (SSSR count). The van der Waals surface area contributed by atoms with Crippen LogP contribution in [0.15, 0.2) is 30.0 Å². The van der Waals surface area contributed by atoms with Gasteiger partial charge in [0, 0.05) is 26.3 Å². The van der Waals surface area contributed by atoms with E-state index >= 15 is 0 Å². The monoisotopic (exact) mass is 331 g/mol. The zero-order chi connectivity index (χ0) is 16.2. The van der Waals surface area contributed by atoms with Crippen LogP contribution >= 0.6 is 11.3 Å². The molecular weight excluding hydrogens is 314 g/mol. The Morgan fingerprint density at radius 2 is 2.30 bits per heavy atom. The number of methoxy groups -OCH3 is 1. The Kier molecular flexibility index (Phi) is 4.63. The van der Waals surface area contributed by atoms with Gasteiger partial charge in [0.05, 0.1) is 28.9 Å². The normalized spacial score (nSPS) is 11.0. The SMILES string of the molecule is COCCn1cnnc1CN(C)C(=O)c1ccc2ncsc2c1. The summed E-state index contributed by atoms with van der Waals surface area (Å²) in [5, 5.41) is 7.99. The summed E-state index contributed by atoms with van der Waals surface area (Å²) in [6, 6.07) is 5.55. The third kappa shape index (κ3) is 3.38. The molecule has 0 saturated heterocycles. The van der Waals surface area contributed by atoms with Crippen molar-refractivity contribution in [1.29, 1.82) is 0 Å². The number of carbonyl (C=O) groups excluding carboxylic acids is 1. The van der Waals surface area contributed by atoms with Crippen LogP contribution in [0, 0.1) is 0 Å². The smallest absolute Gasteiger partial charge is 0.254 e. The number of thiazole rings is 1. The fraction of sp³-hybridized carbons (Fsp3) is 0.333. The van der Waals surface area contributed by atoms with Crippen molar-refractivity contribution in [3.05, 3.63) is 41.4 Å². The van der Waals surface area contributed by atoms with Gasteiger partial charge in [-0.25, -0.2) is 4.98 Å². The minimum Gasteiger partial charge on any atom is -0.383 e. The van der Waals surface area contributed by atoms with Crippen LogP contribution in [0.2, 0.25) is 0 Å². The van der Waals surface area contributed by atoms with E-state index in [4.69, 9.17) is 4.74 Å². The maximum atomic E-state index is 12.6. The number of amides is 1. The van der Waals surface area contributed by atoms with E-state index in [0.29, 0.717) is 25.3 Å². The van der Waals surface area contributed by atoms with Crippen LogP contribution in [-0.4, -0.2) is 51.3 Å². The Bertz CT molecular complexity index is 813. The van der Waals surface area contributed by atoms with Crippen LogP contribution < -0.4 is 0 Å². The van der Waals surface area contributed by atoms with E-state index in [0.717, 1.165) is 16.0 Å². The third-order valence-corrected chi connectivity index (χ3v) is 4.33. The first kappa shape index (κ1) is 15.6. The molecule has 1 aromatic carbocycles. The summed E-state index contributed by atoms with van der Waals surface area (Å²) >= 11 is 1.53. The average Bonchev–Trinajstić information content (AvgIpc) is 3.20. The molecule has 120 valence electrons. The number of carbonyl (C=O) groups is 1. The van der Waals surface area contributed by atoms with Crippen molar-refractivity contribution in [2.75, 3.05) is 20.8 Å². The molecule has 8 heteroatoms. The fourth-order valence-electron chi connectivity index (χ4n) is 2.27. The number of rotatable bonds is 6. The highest BCUT2D eigenvalue weighted by Crippen LogP contribution is 2.20. The highest BCUT2D eigenvalue weighted by atomic mass is 32.1. The second-order valence-electron chi connectivity index (χ2n) is 5.13. The van der Waals surface area contributed by atoms with Crippen LogP contribution in [0.1, 0.15) is 16.2 Å². The summed E-state index contributed by atoms with van der Waals surface area (Å²) in [6.45, 7) is 1.63. The second-order valence-corrected chi connectivity index (χ2v) is 6.02. The van der Waals surface area contributed by atoms with Crippen LogP contribution in [0.25, 0.3) is 10.2 Å². The van der Waals surface area contributed by atoms with Gasteiger partial charge in [0.2, 0.25) is 0 Å². The number of benzene rings is 1. The Labute approximate surface area is 137 Å². The summed E-state index contributed by atoms with van der Waals surface area (Å²) in [6.07, 6.45) is 1.65. The molecule has 0 saturated carbocycles. The summed E-state index contributed by atoms with van der Waals surface area (Å²) in [5.41, 5.74) is 3.33. The van der Waals surface area contributed by atoms with Gasteiger partial charge < -0.3 is 14.2 Å². The standard InChI is InChI=1S/C15H17N5O2S/c1-19(8-14-18-17-9-20(14)5-6-22-2)15(21)11-3-4-12-13(7-11)23-10-16-12/h3-4,7,9-10H,5-6,8H2,1-2H3. The quantitative estimate of drug-likeness (QED) is 0.689. The maximum absolute atomic E-state index is 12.6. The topological polar surface area (TPSA) is 73.1 Å². The van der Waals surface area contributed by atoms with Crippen LogP contribution in [-0.2, 0) is 17.8 Å². The molecule has 0 fully saturated rings. The molecule has 0 atom stereocenters. The number of aromatic nitrogens is 4. The first-order valence-corrected chi connectivity index (χ1v) is 8.01. The average molecular weight is 331 g/mol. The first-order chi connectivity index (χ1) is 11.2. The Balaban J connectivity index is 1.73. The van der Waals surface area contributed by atoms with E-state index < -0.39 is 0 Å². The van der Waals surface area contributed by atoms with E-state index in [-0.39, 0.29) is 5.91 Å².